The summed E-state index contributed by atoms with van der Waals surface area (Å²) in [5.41, 5.74) is -0.889. The number of nitrogens with zero attached hydrogens (tertiary/aromatic N) is 4. The van der Waals surface area contributed by atoms with Crippen molar-refractivity contribution in [3.63, 3.8) is 0 Å². The van der Waals surface area contributed by atoms with E-state index >= 15 is 0 Å². The van der Waals surface area contributed by atoms with Crippen LogP contribution in [-0.2, 0) is 18.0 Å². The van der Waals surface area contributed by atoms with E-state index in [0.717, 1.165) is 6.07 Å². The first kappa shape index (κ1) is 15.3. The average molecular weight is 318 g/mol. The Morgan fingerprint density at radius 2 is 2.10 bits per heavy atom. The van der Waals surface area contributed by atoms with Crippen molar-refractivity contribution >= 4 is 17.7 Å². The summed E-state index contributed by atoms with van der Waals surface area (Å²) >= 11 is 0.618. The van der Waals surface area contributed by atoms with Gasteiger partial charge in [0.15, 0.2) is 5.16 Å². The van der Waals surface area contributed by atoms with Gasteiger partial charge in [-0.3, -0.25) is 9.48 Å². The summed E-state index contributed by atoms with van der Waals surface area (Å²) in [5.74, 6) is -1.59. The van der Waals surface area contributed by atoms with Crippen LogP contribution in [0.15, 0.2) is 23.5 Å². The van der Waals surface area contributed by atoms with Gasteiger partial charge in [-0.25, -0.2) is 9.97 Å². The molecule has 10 heteroatoms. The number of aromatic nitrogens is 4. The van der Waals surface area contributed by atoms with E-state index in [4.69, 9.17) is 5.11 Å². The normalized spacial score (nSPS) is 11.6. The van der Waals surface area contributed by atoms with E-state index in [-0.39, 0.29) is 16.5 Å². The van der Waals surface area contributed by atoms with E-state index < -0.39 is 23.6 Å². The van der Waals surface area contributed by atoms with Crippen LogP contribution in [0.5, 0.6) is 0 Å². The fourth-order valence-corrected chi connectivity index (χ4v) is 2.02. The molecule has 2 heterocycles. The summed E-state index contributed by atoms with van der Waals surface area (Å²) in [7, 11) is 1.62. The van der Waals surface area contributed by atoms with Gasteiger partial charge in [-0.2, -0.15) is 18.3 Å². The Balaban J connectivity index is 2.44. The summed E-state index contributed by atoms with van der Waals surface area (Å²) in [6.45, 7) is 0. The summed E-state index contributed by atoms with van der Waals surface area (Å²) in [6.07, 6.45) is -3.08. The molecule has 0 aromatic carbocycles. The average Bonchev–Trinajstić information content (AvgIpc) is 2.82. The summed E-state index contributed by atoms with van der Waals surface area (Å²) in [4.78, 5) is 17.8. The van der Waals surface area contributed by atoms with Crippen LogP contribution in [0.3, 0.4) is 0 Å². The van der Waals surface area contributed by atoms with Crippen LogP contribution < -0.4 is 0 Å². The van der Waals surface area contributed by atoms with Crippen LogP contribution >= 0.6 is 11.8 Å². The zero-order chi connectivity index (χ0) is 15.6. The van der Waals surface area contributed by atoms with Crippen LogP contribution in [0.1, 0.15) is 5.69 Å². The predicted molar refractivity (Wildman–Crippen MR) is 67.6 cm³/mol. The zero-order valence-electron chi connectivity index (χ0n) is 10.6. The number of carbonyl (C=O) groups is 1. The van der Waals surface area contributed by atoms with Gasteiger partial charge in [0.25, 0.3) is 0 Å². The zero-order valence-corrected chi connectivity index (χ0v) is 11.4. The van der Waals surface area contributed by atoms with Crippen molar-refractivity contribution in [2.24, 2.45) is 7.05 Å². The van der Waals surface area contributed by atoms with Gasteiger partial charge in [0.05, 0.1) is 11.4 Å². The molecule has 1 N–H and O–H groups in total. The second-order valence-electron chi connectivity index (χ2n) is 3.98. The molecule has 2 aromatic rings. The summed E-state index contributed by atoms with van der Waals surface area (Å²) in [6, 6.07) is 2.29. The SMILES string of the molecule is Cn1ccc(-c2cc(C(F)(F)F)nc(SCC(=O)O)n2)n1. The minimum Gasteiger partial charge on any atom is -0.481 e. The highest BCUT2D eigenvalue weighted by molar-refractivity contribution is 7.99. The number of alkyl halides is 3. The molecule has 0 amide bonds. The maximum atomic E-state index is 12.8. The van der Waals surface area contributed by atoms with Crippen LogP contribution in [0.2, 0.25) is 0 Å². The number of carboxylic acid groups (broad SMARTS) is 1. The third kappa shape index (κ3) is 3.94. The highest BCUT2D eigenvalue weighted by Gasteiger charge is 2.34. The summed E-state index contributed by atoms with van der Waals surface area (Å²) in [5, 5.41) is 12.3. The van der Waals surface area contributed by atoms with Gasteiger partial charge >= 0.3 is 12.1 Å². The molecule has 2 rings (SSSR count). The van der Waals surface area contributed by atoms with E-state index in [1.54, 1.807) is 13.2 Å². The Bertz CT molecular complexity index is 672. The molecule has 112 valence electrons. The Morgan fingerprint density at radius 1 is 1.38 bits per heavy atom. The van der Waals surface area contributed by atoms with Gasteiger partial charge in [0.1, 0.15) is 11.4 Å². The highest BCUT2D eigenvalue weighted by atomic mass is 32.2. The number of hydrogen-bond donors (Lipinski definition) is 1. The second-order valence-corrected chi connectivity index (χ2v) is 4.92. The van der Waals surface area contributed by atoms with Gasteiger partial charge in [-0.1, -0.05) is 11.8 Å². The number of rotatable bonds is 4. The third-order valence-electron chi connectivity index (χ3n) is 2.30. The van der Waals surface area contributed by atoms with E-state index in [1.165, 1.54) is 10.7 Å². The molecule has 0 radical (unpaired) electrons. The molecular weight excluding hydrogens is 309 g/mol. The first-order chi connectivity index (χ1) is 9.75. The Hall–Kier alpha value is -2.10. The van der Waals surface area contributed by atoms with Crippen molar-refractivity contribution in [1.29, 1.82) is 0 Å². The van der Waals surface area contributed by atoms with Gasteiger partial charge in [0.2, 0.25) is 0 Å². The molecule has 0 aliphatic carbocycles. The summed E-state index contributed by atoms with van der Waals surface area (Å²) < 4.78 is 39.9. The number of halogens is 3. The smallest absolute Gasteiger partial charge is 0.433 e. The quantitative estimate of drug-likeness (QED) is 0.686. The van der Waals surface area contributed by atoms with E-state index in [0.29, 0.717) is 11.8 Å². The van der Waals surface area contributed by atoms with E-state index in [2.05, 4.69) is 15.1 Å². The first-order valence-corrected chi connectivity index (χ1v) is 6.55. The molecule has 0 atom stereocenters. The fourth-order valence-electron chi connectivity index (χ4n) is 1.44. The van der Waals surface area contributed by atoms with Crippen molar-refractivity contribution < 1.29 is 23.1 Å². The van der Waals surface area contributed by atoms with E-state index in [9.17, 15) is 18.0 Å². The molecule has 0 aliphatic heterocycles. The molecule has 0 saturated carbocycles. The molecule has 0 aliphatic rings. The largest absolute Gasteiger partial charge is 0.481 e. The van der Waals surface area contributed by atoms with Crippen LogP contribution in [0.25, 0.3) is 11.4 Å². The monoisotopic (exact) mass is 318 g/mol. The number of carboxylic acids is 1. The maximum absolute atomic E-state index is 12.8. The lowest BCUT2D eigenvalue weighted by molar-refractivity contribution is -0.141. The maximum Gasteiger partial charge on any atom is 0.433 e. The van der Waals surface area contributed by atoms with Crippen LogP contribution in [0.4, 0.5) is 13.2 Å². The number of aryl methyl sites for hydroxylation is 1. The van der Waals surface area contributed by atoms with Crippen molar-refractivity contribution in [2.75, 3.05) is 5.75 Å². The van der Waals surface area contributed by atoms with Crippen molar-refractivity contribution in [2.45, 2.75) is 11.3 Å². The minimum absolute atomic E-state index is 0.00851. The number of aliphatic carboxylic acids is 1. The van der Waals surface area contributed by atoms with Crippen molar-refractivity contribution in [3.05, 3.63) is 24.0 Å². The molecule has 0 unspecified atom stereocenters. The third-order valence-corrected chi connectivity index (χ3v) is 3.13. The van der Waals surface area contributed by atoms with Gasteiger partial charge in [0, 0.05) is 13.2 Å². The molecule has 0 bridgehead atoms. The Kier molecular flexibility index (Phi) is 4.16. The van der Waals surface area contributed by atoms with Crippen molar-refractivity contribution in [1.82, 2.24) is 19.7 Å². The number of hydrogen-bond acceptors (Lipinski definition) is 5. The van der Waals surface area contributed by atoms with Gasteiger partial charge < -0.3 is 5.11 Å². The number of thioether (sulfide) groups is 1. The second kappa shape index (κ2) is 5.72. The predicted octanol–water partition coefficient (Wildman–Crippen LogP) is 2.07. The standard InChI is InChI=1S/C11H9F3N4O2S/c1-18-3-2-6(17-18)7-4-8(11(12,13)14)16-10(15-7)21-5-9(19)20/h2-4H,5H2,1H3,(H,19,20). The lowest BCUT2D eigenvalue weighted by Crippen LogP contribution is -2.11. The van der Waals surface area contributed by atoms with Gasteiger partial charge in [-0.15, -0.1) is 0 Å². The molecular formula is C11H9F3N4O2S. The molecule has 0 fully saturated rings. The molecule has 0 spiro atoms. The molecule has 21 heavy (non-hydrogen) atoms. The highest BCUT2D eigenvalue weighted by Crippen LogP contribution is 2.31. The van der Waals surface area contributed by atoms with E-state index in [1.807, 2.05) is 0 Å². The fraction of sp³-hybridized carbons (Fsp3) is 0.273. The topological polar surface area (TPSA) is 80.9 Å². The lowest BCUT2D eigenvalue weighted by Gasteiger charge is -2.08. The minimum atomic E-state index is -4.65. The molecule has 6 nitrogen and oxygen atoms in total. The Labute approximate surface area is 121 Å². The molecule has 2 aromatic heterocycles. The van der Waals surface area contributed by atoms with Crippen LogP contribution in [-0.4, -0.2) is 36.6 Å². The van der Waals surface area contributed by atoms with Gasteiger partial charge in [-0.05, 0) is 12.1 Å². The Morgan fingerprint density at radius 3 is 2.62 bits per heavy atom. The van der Waals surface area contributed by atoms with Crippen molar-refractivity contribution in [3.8, 4) is 11.4 Å². The lowest BCUT2D eigenvalue weighted by atomic mass is 10.2. The van der Waals surface area contributed by atoms with Crippen LogP contribution in [0, 0.1) is 0 Å². The first-order valence-electron chi connectivity index (χ1n) is 5.56. The molecule has 0 saturated heterocycles.